The molecule has 92 valence electrons. The average molecular weight is 267 g/mol. The van der Waals surface area contributed by atoms with Gasteiger partial charge in [-0.15, -0.1) is 12.4 Å². The maximum absolute atomic E-state index is 12.0. The Labute approximate surface area is 101 Å². The molecule has 0 saturated carbocycles. The summed E-state index contributed by atoms with van der Waals surface area (Å²) in [6.07, 6.45) is 3.04. The lowest BCUT2D eigenvalue weighted by molar-refractivity contribution is 0.306. The first-order valence-corrected chi connectivity index (χ1v) is 6.34. The first kappa shape index (κ1) is 13.5. The molecule has 16 heavy (non-hydrogen) atoms. The van der Waals surface area contributed by atoms with E-state index in [9.17, 15) is 8.42 Å². The van der Waals surface area contributed by atoms with E-state index in [1.54, 1.807) is 6.07 Å². The zero-order chi connectivity index (χ0) is 10.9. The highest BCUT2D eigenvalue weighted by Crippen LogP contribution is 2.20. The molecule has 0 amide bonds. The molecule has 2 heterocycles. The van der Waals surface area contributed by atoms with Gasteiger partial charge in [0.2, 0.25) is 5.09 Å². The van der Waals surface area contributed by atoms with Gasteiger partial charge in [-0.2, -0.15) is 4.31 Å². The minimum absolute atomic E-state index is 0. The van der Waals surface area contributed by atoms with Gasteiger partial charge in [-0.3, -0.25) is 0 Å². The quantitative estimate of drug-likeness (QED) is 0.860. The number of hydrogen-bond donors (Lipinski definition) is 1. The zero-order valence-corrected chi connectivity index (χ0v) is 10.3. The monoisotopic (exact) mass is 266 g/mol. The van der Waals surface area contributed by atoms with Crippen LogP contribution in [0.5, 0.6) is 0 Å². The predicted molar refractivity (Wildman–Crippen MR) is 61.9 cm³/mol. The van der Waals surface area contributed by atoms with E-state index in [4.69, 9.17) is 10.2 Å². The topological polar surface area (TPSA) is 76.5 Å². The fourth-order valence-corrected chi connectivity index (χ4v) is 3.17. The van der Waals surface area contributed by atoms with Crippen molar-refractivity contribution in [3.63, 3.8) is 0 Å². The molecule has 0 aliphatic carbocycles. The van der Waals surface area contributed by atoms with Crippen LogP contribution in [-0.4, -0.2) is 31.9 Å². The molecule has 1 aliphatic rings. The standard InChI is InChI=1S/C9H14N2O3S.ClH/c10-8-3-1-5-11(7-8)15(12,13)9-4-2-6-14-9;/h2,4,6,8H,1,3,5,7,10H2;1H/t8-;/m1./s1. The van der Waals surface area contributed by atoms with Crippen LogP contribution in [0.25, 0.3) is 0 Å². The number of nitrogens with zero attached hydrogens (tertiary/aromatic N) is 1. The minimum atomic E-state index is -3.46. The van der Waals surface area contributed by atoms with Gasteiger partial charge in [-0.1, -0.05) is 0 Å². The van der Waals surface area contributed by atoms with Crippen LogP contribution in [0.4, 0.5) is 0 Å². The molecule has 1 aromatic rings. The van der Waals surface area contributed by atoms with E-state index in [0.717, 1.165) is 12.8 Å². The third-order valence-electron chi connectivity index (χ3n) is 2.51. The molecule has 0 spiro atoms. The zero-order valence-electron chi connectivity index (χ0n) is 8.70. The smallest absolute Gasteiger partial charge is 0.276 e. The highest BCUT2D eigenvalue weighted by Gasteiger charge is 2.30. The number of halogens is 1. The van der Waals surface area contributed by atoms with Gasteiger partial charge in [0.25, 0.3) is 10.0 Å². The van der Waals surface area contributed by atoms with E-state index in [-0.39, 0.29) is 23.5 Å². The second-order valence-electron chi connectivity index (χ2n) is 3.70. The van der Waals surface area contributed by atoms with Crippen molar-refractivity contribution in [3.8, 4) is 0 Å². The third-order valence-corrected chi connectivity index (χ3v) is 4.26. The van der Waals surface area contributed by atoms with Crippen LogP contribution in [0.2, 0.25) is 0 Å². The van der Waals surface area contributed by atoms with Gasteiger partial charge in [-0.05, 0) is 25.0 Å². The van der Waals surface area contributed by atoms with E-state index in [0.29, 0.717) is 13.1 Å². The van der Waals surface area contributed by atoms with Crippen molar-refractivity contribution in [2.45, 2.75) is 24.0 Å². The van der Waals surface area contributed by atoms with Crippen LogP contribution in [0.15, 0.2) is 27.9 Å². The van der Waals surface area contributed by atoms with E-state index in [1.807, 2.05) is 0 Å². The second-order valence-corrected chi connectivity index (χ2v) is 5.57. The Bertz CT molecular complexity index is 418. The molecular formula is C9H15ClN2O3S. The summed E-state index contributed by atoms with van der Waals surface area (Å²) in [6.45, 7) is 0.903. The molecule has 1 fully saturated rings. The van der Waals surface area contributed by atoms with Crippen molar-refractivity contribution >= 4 is 22.4 Å². The normalized spacial score (nSPS) is 22.7. The van der Waals surface area contributed by atoms with Gasteiger partial charge in [-0.25, -0.2) is 8.42 Å². The van der Waals surface area contributed by atoms with Crippen molar-refractivity contribution in [3.05, 3.63) is 18.4 Å². The largest absolute Gasteiger partial charge is 0.452 e. The Hall–Kier alpha value is -0.560. The van der Waals surface area contributed by atoms with Crippen LogP contribution >= 0.6 is 12.4 Å². The fraction of sp³-hybridized carbons (Fsp3) is 0.556. The van der Waals surface area contributed by atoms with E-state index in [1.165, 1.54) is 16.6 Å². The van der Waals surface area contributed by atoms with Gasteiger partial charge in [0.1, 0.15) is 0 Å². The summed E-state index contributed by atoms with van der Waals surface area (Å²) in [5, 5.41) is -0.00315. The molecular weight excluding hydrogens is 252 g/mol. The summed E-state index contributed by atoms with van der Waals surface area (Å²) in [6, 6.07) is 2.95. The average Bonchev–Trinajstić information content (AvgIpc) is 2.71. The Morgan fingerprint density at radius 1 is 1.50 bits per heavy atom. The number of nitrogens with two attached hydrogens (primary N) is 1. The molecule has 0 unspecified atom stereocenters. The van der Waals surface area contributed by atoms with Gasteiger partial charge in [0.05, 0.1) is 6.26 Å². The molecule has 7 heteroatoms. The number of rotatable bonds is 2. The Kier molecular flexibility index (Phi) is 4.37. The van der Waals surface area contributed by atoms with Gasteiger partial charge in [0.15, 0.2) is 0 Å². The first-order chi connectivity index (χ1) is 7.10. The number of sulfonamides is 1. The molecule has 1 saturated heterocycles. The van der Waals surface area contributed by atoms with Crippen LogP contribution in [0.1, 0.15) is 12.8 Å². The highest BCUT2D eigenvalue weighted by molar-refractivity contribution is 7.89. The lowest BCUT2D eigenvalue weighted by atomic mass is 10.1. The highest BCUT2D eigenvalue weighted by atomic mass is 35.5. The molecule has 0 radical (unpaired) electrons. The van der Waals surface area contributed by atoms with Crippen LogP contribution in [0.3, 0.4) is 0 Å². The van der Waals surface area contributed by atoms with Crippen LogP contribution in [-0.2, 0) is 10.0 Å². The first-order valence-electron chi connectivity index (χ1n) is 4.90. The Morgan fingerprint density at radius 2 is 2.25 bits per heavy atom. The second kappa shape index (κ2) is 5.18. The summed E-state index contributed by atoms with van der Waals surface area (Å²) in [5.41, 5.74) is 5.74. The molecule has 1 aromatic heterocycles. The summed E-state index contributed by atoms with van der Waals surface area (Å²) in [7, 11) is -3.46. The van der Waals surface area contributed by atoms with Crippen LogP contribution in [0, 0.1) is 0 Å². The molecule has 2 N–H and O–H groups in total. The summed E-state index contributed by atoms with van der Waals surface area (Å²) in [5.74, 6) is 0. The van der Waals surface area contributed by atoms with Crippen LogP contribution < -0.4 is 5.73 Å². The van der Waals surface area contributed by atoms with Gasteiger partial charge in [0, 0.05) is 19.1 Å². The van der Waals surface area contributed by atoms with Crippen molar-refractivity contribution in [1.82, 2.24) is 4.31 Å². The number of furan rings is 1. The lowest BCUT2D eigenvalue weighted by Gasteiger charge is -2.28. The van der Waals surface area contributed by atoms with Crippen molar-refractivity contribution in [1.29, 1.82) is 0 Å². The fourth-order valence-electron chi connectivity index (χ4n) is 1.73. The number of hydrogen-bond acceptors (Lipinski definition) is 4. The summed E-state index contributed by atoms with van der Waals surface area (Å²) < 4.78 is 30.2. The molecule has 5 nitrogen and oxygen atoms in total. The Balaban J connectivity index is 0.00000128. The maximum Gasteiger partial charge on any atom is 0.276 e. The Morgan fingerprint density at radius 3 is 2.81 bits per heavy atom. The molecule has 2 rings (SSSR count). The summed E-state index contributed by atoms with van der Waals surface area (Å²) in [4.78, 5) is 0. The minimum Gasteiger partial charge on any atom is -0.452 e. The molecule has 0 bridgehead atoms. The maximum atomic E-state index is 12.0. The van der Waals surface area contributed by atoms with E-state index >= 15 is 0 Å². The van der Waals surface area contributed by atoms with E-state index < -0.39 is 10.0 Å². The van der Waals surface area contributed by atoms with Gasteiger partial charge < -0.3 is 10.2 Å². The lowest BCUT2D eigenvalue weighted by Crippen LogP contribution is -2.45. The third kappa shape index (κ3) is 2.57. The van der Waals surface area contributed by atoms with E-state index in [2.05, 4.69) is 0 Å². The van der Waals surface area contributed by atoms with Crippen molar-refractivity contribution in [2.24, 2.45) is 5.73 Å². The molecule has 1 aliphatic heterocycles. The predicted octanol–water partition coefficient (Wildman–Crippen LogP) is 0.813. The molecule has 1 atom stereocenters. The van der Waals surface area contributed by atoms with Gasteiger partial charge >= 0.3 is 0 Å². The number of piperidine rings is 1. The summed E-state index contributed by atoms with van der Waals surface area (Å²) >= 11 is 0. The van der Waals surface area contributed by atoms with Crippen molar-refractivity contribution < 1.29 is 12.8 Å². The van der Waals surface area contributed by atoms with Crippen molar-refractivity contribution in [2.75, 3.05) is 13.1 Å². The SMILES string of the molecule is Cl.N[C@@H]1CCCN(S(=O)(=O)c2ccco2)C1. The molecule has 0 aromatic carbocycles.